The van der Waals surface area contributed by atoms with Gasteiger partial charge in [-0.3, -0.25) is 0 Å². The van der Waals surface area contributed by atoms with Gasteiger partial charge in [-0.1, -0.05) is 37.3 Å². The molecule has 0 radical (unpaired) electrons. The zero-order valence-electron chi connectivity index (χ0n) is 9.35. The van der Waals surface area contributed by atoms with Crippen molar-refractivity contribution < 1.29 is 9.47 Å². The normalized spacial score (nSPS) is 27.9. The van der Waals surface area contributed by atoms with E-state index in [4.69, 9.17) is 9.47 Å². The summed E-state index contributed by atoms with van der Waals surface area (Å²) in [7, 11) is 0. The smallest absolute Gasteiger partial charge is 0.158 e. The molecule has 1 fully saturated rings. The number of hydrogen-bond donors (Lipinski definition) is 0. The molecule has 82 valence electrons. The summed E-state index contributed by atoms with van der Waals surface area (Å²) in [6, 6.07) is 10.5. The fourth-order valence-corrected chi connectivity index (χ4v) is 1.91. The highest BCUT2D eigenvalue weighted by molar-refractivity contribution is 5.18. The summed E-state index contributed by atoms with van der Waals surface area (Å²) in [5, 5.41) is 0. The van der Waals surface area contributed by atoms with Crippen molar-refractivity contribution in [2.75, 3.05) is 6.61 Å². The first-order valence-corrected chi connectivity index (χ1v) is 5.57. The van der Waals surface area contributed by atoms with Crippen molar-refractivity contribution in [3.05, 3.63) is 35.9 Å². The molecular formula is C13H18O2. The molecule has 0 aromatic heterocycles. The molecule has 2 nitrogen and oxygen atoms in total. The Morgan fingerprint density at radius 3 is 2.67 bits per heavy atom. The van der Waals surface area contributed by atoms with E-state index in [0.717, 1.165) is 13.0 Å². The van der Waals surface area contributed by atoms with E-state index in [1.807, 2.05) is 13.0 Å². The summed E-state index contributed by atoms with van der Waals surface area (Å²) >= 11 is 0. The third kappa shape index (κ3) is 2.80. The lowest BCUT2D eigenvalue weighted by molar-refractivity contribution is -0.0624. The second kappa shape index (κ2) is 4.77. The van der Waals surface area contributed by atoms with E-state index in [9.17, 15) is 0 Å². The van der Waals surface area contributed by atoms with E-state index in [1.165, 1.54) is 5.56 Å². The Balaban J connectivity index is 1.90. The van der Waals surface area contributed by atoms with E-state index in [2.05, 4.69) is 31.2 Å². The Morgan fingerprint density at radius 1 is 1.33 bits per heavy atom. The molecular weight excluding hydrogens is 188 g/mol. The van der Waals surface area contributed by atoms with Gasteiger partial charge in [-0.25, -0.2) is 0 Å². The molecule has 3 atom stereocenters. The first-order chi connectivity index (χ1) is 7.25. The summed E-state index contributed by atoms with van der Waals surface area (Å²) in [5.74, 6) is 0.487. The molecule has 0 bridgehead atoms. The summed E-state index contributed by atoms with van der Waals surface area (Å²) in [6.07, 6.45) is 1.17. The van der Waals surface area contributed by atoms with Gasteiger partial charge < -0.3 is 9.47 Å². The quantitative estimate of drug-likeness (QED) is 0.757. The maximum Gasteiger partial charge on any atom is 0.158 e. The van der Waals surface area contributed by atoms with E-state index in [0.29, 0.717) is 5.92 Å². The number of hydrogen-bond acceptors (Lipinski definition) is 2. The lowest BCUT2D eigenvalue weighted by atomic mass is 9.98. The first kappa shape index (κ1) is 10.7. The molecule has 0 N–H and O–H groups in total. The van der Waals surface area contributed by atoms with E-state index < -0.39 is 0 Å². The van der Waals surface area contributed by atoms with Crippen LogP contribution in [-0.2, 0) is 9.47 Å². The summed E-state index contributed by atoms with van der Waals surface area (Å²) in [5.41, 5.74) is 1.35. The van der Waals surface area contributed by atoms with Gasteiger partial charge in [0.1, 0.15) is 0 Å². The lowest BCUT2D eigenvalue weighted by Crippen LogP contribution is -2.12. The molecule has 15 heavy (non-hydrogen) atoms. The van der Waals surface area contributed by atoms with Crippen LogP contribution in [0.4, 0.5) is 0 Å². The molecule has 2 heteroatoms. The van der Waals surface area contributed by atoms with Crippen LogP contribution in [0.25, 0.3) is 0 Å². The zero-order valence-corrected chi connectivity index (χ0v) is 9.35. The van der Waals surface area contributed by atoms with Crippen molar-refractivity contribution in [1.29, 1.82) is 0 Å². The molecule has 2 rings (SSSR count). The molecule has 1 aliphatic heterocycles. The third-order valence-electron chi connectivity index (χ3n) is 2.82. The second-order valence-electron chi connectivity index (χ2n) is 4.26. The predicted octanol–water partition coefficient (Wildman–Crippen LogP) is 2.94. The standard InChI is InChI=1S/C13H18O2/c1-10(12-6-4-3-5-7-12)8-13-14-9-11(2)15-13/h3-7,10-11,13H,8-9H2,1-2H3/t10-,11-,13+/m0/s1. The molecule has 0 unspecified atom stereocenters. The van der Waals surface area contributed by atoms with Crippen LogP contribution < -0.4 is 0 Å². The summed E-state index contributed by atoms with van der Waals surface area (Å²) < 4.78 is 11.2. The van der Waals surface area contributed by atoms with E-state index >= 15 is 0 Å². The van der Waals surface area contributed by atoms with Gasteiger partial charge in [0.2, 0.25) is 0 Å². The Hall–Kier alpha value is -0.860. The van der Waals surface area contributed by atoms with Gasteiger partial charge in [0.05, 0.1) is 12.7 Å². The van der Waals surface area contributed by atoms with Crippen molar-refractivity contribution in [3.63, 3.8) is 0 Å². The molecule has 1 aromatic carbocycles. The lowest BCUT2D eigenvalue weighted by Gasteiger charge is -2.16. The predicted molar refractivity (Wildman–Crippen MR) is 59.8 cm³/mol. The van der Waals surface area contributed by atoms with Crippen LogP contribution in [0.2, 0.25) is 0 Å². The molecule has 0 saturated carbocycles. The van der Waals surface area contributed by atoms with Gasteiger partial charge in [-0.15, -0.1) is 0 Å². The highest BCUT2D eigenvalue weighted by Gasteiger charge is 2.24. The molecule has 1 heterocycles. The molecule has 0 amide bonds. The molecule has 0 spiro atoms. The van der Waals surface area contributed by atoms with Crippen molar-refractivity contribution >= 4 is 0 Å². The summed E-state index contributed by atoms with van der Waals surface area (Å²) in [4.78, 5) is 0. The number of benzene rings is 1. The van der Waals surface area contributed by atoms with Crippen LogP contribution in [0.15, 0.2) is 30.3 Å². The van der Waals surface area contributed by atoms with Crippen LogP contribution in [0.1, 0.15) is 31.7 Å². The Morgan fingerprint density at radius 2 is 2.07 bits per heavy atom. The molecule has 1 aliphatic rings. The topological polar surface area (TPSA) is 18.5 Å². The average molecular weight is 206 g/mol. The second-order valence-corrected chi connectivity index (χ2v) is 4.26. The zero-order chi connectivity index (χ0) is 10.7. The van der Waals surface area contributed by atoms with Crippen molar-refractivity contribution in [2.24, 2.45) is 0 Å². The number of rotatable bonds is 3. The highest BCUT2D eigenvalue weighted by Crippen LogP contribution is 2.25. The highest BCUT2D eigenvalue weighted by atomic mass is 16.7. The average Bonchev–Trinajstić information content (AvgIpc) is 2.65. The Kier molecular flexibility index (Phi) is 3.39. The van der Waals surface area contributed by atoms with Crippen LogP contribution in [0.5, 0.6) is 0 Å². The Labute approximate surface area is 91.2 Å². The van der Waals surface area contributed by atoms with Crippen molar-refractivity contribution in [2.45, 2.75) is 38.6 Å². The van der Waals surface area contributed by atoms with Gasteiger partial charge in [-0.05, 0) is 18.4 Å². The van der Waals surface area contributed by atoms with E-state index in [-0.39, 0.29) is 12.4 Å². The SMILES string of the molecule is C[C@H]1CO[C@@H](C[C@H](C)c2ccccc2)O1. The Bertz CT molecular complexity index is 297. The first-order valence-electron chi connectivity index (χ1n) is 5.57. The van der Waals surface area contributed by atoms with E-state index in [1.54, 1.807) is 0 Å². The molecule has 0 aliphatic carbocycles. The largest absolute Gasteiger partial charge is 0.350 e. The number of ether oxygens (including phenoxy) is 2. The molecule has 1 aromatic rings. The van der Waals surface area contributed by atoms with Gasteiger partial charge in [-0.2, -0.15) is 0 Å². The minimum Gasteiger partial charge on any atom is -0.350 e. The van der Waals surface area contributed by atoms with Crippen molar-refractivity contribution in [3.8, 4) is 0 Å². The maximum absolute atomic E-state index is 5.63. The minimum atomic E-state index is -0.0183. The fraction of sp³-hybridized carbons (Fsp3) is 0.538. The van der Waals surface area contributed by atoms with Gasteiger partial charge in [0.15, 0.2) is 6.29 Å². The third-order valence-corrected chi connectivity index (χ3v) is 2.82. The van der Waals surface area contributed by atoms with Crippen LogP contribution in [-0.4, -0.2) is 19.0 Å². The monoisotopic (exact) mass is 206 g/mol. The van der Waals surface area contributed by atoms with Gasteiger partial charge >= 0.3 is 0 Å². The van der Waals surface area contributed by atoms with Crippen molar-refractivity contribution in [1.82, 2.24) is 0 Å². The van der Waals surface area contributed by atoms with Gasteiger partial charge in [0.25, 0.3) is 0 Å². The van der Waals surface area contributed by atoms with Crippen LogP contribution >= 0.6 is 0 Å². The van der Waals surface area contributed by atoms with Gasteiger partial charge in [0, 0.05) is 6.42 Å². The summed E-state index contributed by atoms with van der Waals surface area (Å²) in [6.45, 7) is 4.99. The molecule has 1 saturated heterocycles. The van der Waals surface area contributed by atoms with Crippen LogP contribution in [0.3, 0.4) is 0 Å². The fourth-order valence-electron chi connectivity index (χ4n) is 1.91. The maximum atomic E-state index is 5.63. The minimum absolute atomic E-state index is 0.0183. The van der Waals surface area contributed by atoms with Crippen LogP contribution in [0, 0.1) is 0 Å².